The van der Waals surface area contributed by atoms with Gasteiger partial charge in [0.1, 0.15) is 0 Å². The van der Waals surface area contributed by atoms with E-state index in [4.69, 9.17) is 9.47 Å². The molecule has 2 rings (SSSR count). The molecular formula is C19H22N2O4. The third-order valence-electron chi connectivity index (χ3n) is 3.95. The van der Waals surface area contributed by atoms with Gasteiger partial charge in [0.25, 0.3) is 0 Å². The molecule has 0 fully saturated rings. The molecule has 0 aliphatic heterocycles. The molecule has 0 unspecified atom stereocenters. The summed E-state index contributed by atoms with van der Waals surface area (Å²) < 4.78 is 9.40. The molecule has 0 N–H and O–H groups in total. The highest BCUT2D eigenvalue weighted by Crippen LogP contribution is 2.19. The lowest BCUT2D eigenvalue weighted by Gasteiger charge is -2.16. The lowest BCUT2D eigenvalue weighted by atomic mass is 10.0. The maximum absolute atomic E-state index is 11.5. The van der Waals surface area contributed by atoms with Crippen LogP contribution in [-0.2, 0) is 15.9 Å². The highest BCUT2D eigenvalue weighted by molar-refractivity contribution is 5.87. The Balaban J connectivity index is 2.05. The van der Waals surface area contributed by atoms with E-state index < -0.39 is 12.2 Å². The van der Waals surface area contributed by atoms with E-state index in [0.29, 0.717) is 0 Å². The van der Waals surface area contributed by atoms with Crippen molar-refractivity contribution in [2.75, 3.05) is 38.1 Å². The van der Waals surface area contributed by atoms with Crippen molar-refractivity contribution in [3.8, 4) is 0 Å². The summed E-state index contributed by atoms with van der Waals surface area (Å²) in [4.78, 5) is 25.9. The number of hydrogen-bond donors (Lipinski definition) is 0. The summed E-state index contributed by atoms with van der Waals surface area (Å²) in [6.07, 6.45) is -0.0547. The van der Waals surface area contributed by atoms with Crippen LogP contribution < -0.4 is 9.80 Å². The van der Waals surface area contributed by atoms with E-state index in [1.807, 2.05) is 48.5 Å². The SMILES string of the molecule is COC(=O)N(C)c1ccc(Cc2ccc(N(C)C(=O)OC)cc2)cc1. The third kappa shape index (κ3) is 4.50. The Morgan fingerprint density at radius 1 is 0.720 bits per heavy atom. The predicted molar refractivity (Wildman–Crippen MR) is 97.3 cm³/mol. The van der Waals surface area contributed by atoms with Crippen LogP contribution in [0.4, 0.5) is 21.0 Å². The summed E-state index contributed by atoms with van der Waals surface area (Å²) in [6, 6.07) is 15.4. The number of benzene rings is 2. The highest BCUT2D eigenvalue weighted by atomic mass is 16.5. The van der Waals surface area contributed by atoms with Gasteiger partial charge < -0.3 is 9.47 Å². The molecule has 0 aliphatic rings. The average molecular weight is 342 g/mol. The maximum atomic E-state index is 11.5. The lowest BCUT2D eigenvalue weighted by Crippen LogP contribution is -2.25. The van der Waals surface area contributed by atoms with Crippen molar-refractivity contribution >= 4 is 23.6 Å². The van der Waals surface area contributed by atoms with Crippen molar-refractivity contribution in [1.82, 2.24) is 0 Å². The van der Waals surface area contributed by atoms with Crippen LogP contribution in [0.15, 0.2) is 48.5 Å². The summed E-state index contributed by atoms with van der Waals surface area (Å²) in [5, 5.41) is 0. The van der Waals surface area contributed by atoms with E-state index in [9.17, 15) is 9.59 Å². The number of carbonyl (C=O) groups excluding carboxylic acids is 2. The summed E-state index contributed by atoms with van der Waals surface area (Å²) in [6.45, 7) is 0. The molecule has 2 amide bonds. The van der Waals surface area contributed by atoms with Crippen LogP contribution in [0.3, 0.4) is 0 Å². The fraction of sp³-hybridized carbons (Fsp3) is 0.263. The number of ether oxygens (including phenoxy) is 2. The van der Waals surface area contributed by atoms with Crippen molar-refractivity contribution in [1.29, 1.82) is 0 Å². The van der Waals surface area contributed by atoms with Gasteiger partial charge in [0.15, 0.2) is 0 Å². The van der Waals surface area contributed by atoms with Crippen LogP contribution in [0, 0.1) is 0 Å². The first-order valence-corrected chi connectivity index (χ1v) is 7.77. The molecule has 0 saturated heterocycles. The number of amides is 2. The quantitative estimate of drug-likeness (QED) is 0.850. The van der Waals surface area contributed by atoms with Gasteiger partial charge >= 0.3 is 12.2 Å². The van der Waals surface area contributed by atoms with E-state index in [1.165, 1.54) is 24.0 Å². The first-order chi connectivity index (χ1) is 12.0. The second-order valence-electron chi connectivity index (χ2n) is 5.57. The molecule has 0 atom stereocenters. The normalized spacial score (nSPS) is 10.1. The Morgan fingerprint density at radius 3 is 1.32 bits per heavy atom. The van der Waals surface area contributed by atoms with E-state index in [-0.39, 0.29) is 0 Å². The van der Waals surface area contributed by atoms with Crippen molar-refractivity contribution in [3.05, 3.63) is 59.7 Å². The highest BCUT2D eigenvalue weighted by Gasteiger charge is 2.11. The molecule has 6 heteroatoms. The minimum atomic E-state index is -0.405. The van der Waals surface area contributed by atoms with Crippen LogP contribution in [0.5, 0.6) is 0 Å². The van der Waals surface area contributed by atoms with Gasteiger partial charge in [-0.2, -0.15) is 0 Å². The Bertz CT molecular complexity index is 663. The standard InChI is InChI=1S/C19H22N2O4/c1-20(18(22)24-3)16-9-5-14(6-10-16)13-15-7-11-17(12-8-15)21(2)19(23)25-4/h5-12H,13H2,1-4H3. The number of methoxy groups -OCH3 is 2. The Labute approximate surface area is 147 Å². The van der Waals surface area contributed by atoms with Gasteiger partial charge in [-0.25, -0.2) is 9.59 Å². The molecule has 0 aliphatic carbocycles. The van der Waals surface area contributed by atoms with Gasteiger partial charge in [-0.05, 0) is 41.8 Å². The molecule has 0 radical (unpaired) electrons. The topological polar surface area (TPSA) is 59.1 Å². The summed E-state index contributed by atoms with van der Waals surface area (Å²) >= 11 is 0. The lowest BCUT2D eigenvalue weighted by molar-refractivity contribution is 0.179. The second kappa shape index (κ2) is 8.19. The molecule has 132 valence electrons. The smallest absolute Gasteiger partial charge is 0.413 e. The molecule has 2 aromatic carbocycles. The van der Waals surface area contributed by atoms with Gasteiger partial charge in [0.2, 0.25) is 0 Å². The molecule has 0 spiro atoms. The van der Waals surface area contributed by atoms with Crippen LogP contribution in [0.25, 0.3) is 0 Å². The zero-order valence-corrected chi connectivity index (χ0v) is 14.9. The number of nitrogens with zero attached hydrogens (tertiary/aromatic N) is 2. The number of anilines is 2. The molecular weight excluding hydrogens is 320 g/mol. The fourth-order valence-electron chi connectivity index (χ4n) is 2.40. The molecule has 25 heavy (non-hydrogen) atoms. The second-order valence-corrected chi connectivity index (χ2v) is 5.57. The van der Waals surface area contributed by atoms with Crippen LogP contribution in [0.2, 0.25) is 0 Å². The van der Waals surface area contributed by atoms with Crippen molar-refractivity contribution < 1.29 is 19.1 Å². The molecule has 0 saturated carbocycles. The molecule has 0 bridgehead atoms. The molecule has 6 nitrogen and oxygen atoms in total. The molecule has 0 heterocycles. The Morgan fingerprint density at radius 2 is 1.04 bits per heavy atom. The van der Waals surface area contributed by atoms with Gasteiger partial charge in [0, 0.05) is 25.5 Å². The number of hydrogen-bond acceptors (Lipinski definition) is 4. The zero-order chi connectivity index (χ0) is 18.4. The van der Waals surface area contributed by atoms with Crippen LogP contribution in [-0.4, -0.2) is 40.5 Å². The fourth-order valence-corrected chi connectivity index (χ4v) is 2.40. The summed E-state index contributed by atoms with van der Waals surface area (Å²) in [5.74, 6) is 0. The molecule has 0 aromatic heterocycles. The summed E-state index contributed by atoms with van der Waals surface area (Å²) in [5.41, 5.74) is 3.78. The largest absolute Gasteiger partial charge is 0.452 e. The minimum absolute atomic E-state index is 0.405. The van der Waals surface area contributed by atoms with E-state index in [1.54, 1.807) is 14.1 Å². The van der Waals surface area contributed by atoms with Crippen molar-refractivity contribution in [2.24, 2.45) is 0 Å². The van der Waals surface area contributed by atoms with Gasteiger partial charge in [-0.3, -0.25) is 9.80 Å². The van der Waals surface area contributed by atoms with E-state index in [2.05, 4.69) is 0 Å². The Hall–Kier alpha value is -3.02. The van der Waals surface area contributed by atoms with Crippen LogP contribution >= 0.6 is 0 Å². The minimum Gasteiger partial charge on any atom is -0.452 e. The van der Waals surface area contributed by atoms with E-state index >= 15 is 0 Å². The first-order valence-electron chi connectivity index (χ1n) is 7.77. The van der Waals surface area contributed by atoms with Crippen molar-refractivity contribution in [3.63, 3.8) is 0 Å². The Kier molecular flexibility index (Phi) is 6.00. The third-order valence-corrected chi connectivity index (χ3v) is 3.95. The zero-order valence-electron chi connectivity index (χ0n) is 14.9. The van der Waals surface area contributed by atoms with Gasteiger partial charge in [-0.1, -0.05) is 24.3 Å². The first kappa shape index (κ1) is 18.3. The predicted octanol–water partition coefficient (Wildman–Crippen LogP) is 3.68. The molecule has 2 aromatic rings. The summed E-state index contributed by atoms with van der Waals surface area (Å²) in [7, 11) is 6.04. The maximum Gasteiger partial charge on any atom is 0.413 e. The van der Waals surface area contributed by atoms with Crippen molar-refractivity contribution in [2.45, 2.75) is 6.42 Å². The van der Waals surface area contributed by atoms with Gasteiger partial charge in [-0.15, -0.1) is 0 Å². The van der Waals surface area contributed by atoms with E-state index in [0.717, 1.165) is 28.9 Å². The van der Waals surface area contributed by atoms with Crippen LogP contribution in [0.1, 0.15) is 11.1 Å². The number of carbonyl (C=O) groups is 2. The van der Waals surface area contributed by atoms with Gasteiger partial charge in [0.05, 0.1) is 14.2 Å². The average Bonchev–Trinajstić information content (AvgIpc) is 2.66. The monoisotopic (exact) mass is 342 g/mol. The number of rotatable bonds is 4.